The van der Waals surface area contributed by atoms with E-state index in [4.69, 9.17) is 36.8 Å². The number of piperidine rings is 2. The number of carbonyl (C=O) groups is 4. The van der Waals surface area contributed by atoms with E-state index in [1.54, 1.807) is 6.20 Å². The first-order valence-electron chi connectivity index (χ1n) is 20.6. The fraction of sp³-hybridized carbons (Fsp3) is 0.432. The first-order valence-corrected chi connectivity index (χ1v) is 20.9. The minimum atomic E-state index is -0.961. The number of H-pyrrole nitrogens is 2. The number of nitrogens with zero attached hydrogens (tertiary/aromatic N) is 5. The minimum absolute atomic E-state index is 0.105. The number of rotatable bonds is 11. The Morgan fingerprint density at radius 2 is 1.45 bits per heavy atom. The van der Waals surface area contributed by atoms with Gasteiger partial charge < -0.3 is 40.3 Å². The largest absolute Gasteiger partial charge is 0.453 e. The molecule has 2 saturated carbocycles. The number of aromatic amines is 2. The van der Waals surface area contributed by atoms with Gasteiger partial charge in [-0.25, -0.2) is 24.5 Å². The van der Waals surface area contributed by atoms with Crippen LogP contribution in [0.2, 0.25) is 5.15 Å². The monoisotopic (exact) mass is 833 g/mol. The van der Waals surface area contributed by atoms with E-state index in [9.17, 15) is 19.2 Å². The molecule has 2 aromatic carbocycles. The van der Waals surface area contributed by atoms with Crippen LogP contribution in [0.3, 0.4) is 0 Å². The van der Waals surface area contributed by atoms with Crippen LogP contribution >= 0.6 is 11.6 Å². The highest BCUT2D eigenvalue weighted by Gasteiger charge is 2.57. The summed E-state index contributed by atoms with van der Waals surface area (Å²) in [6.45, 7) is 7.47. The van der Waals surface area contributed by atoms with E-state index in [0.717, 1.165) is 64.7 Å². The molecule has 312 valence electrons. The lowest BCUT2D eigenvalue weighted by Crippen LogP contribution is -2.52. The van der Waals surface area contributed by atoms with E-state index in [2.05, 4.69) is 26.3 Å². The Labute approximate surface area is 351 Å². The number of likely N-dealkylation sites (tertiary alicyclic amines) is 2. The van der Waals surface area contributed by atoms with Crippen molar-refractivity contribution in [1.29, 1.82) is 0 Å². The maximum atomic E-state index is 13.8. The Bertz CT molecular complexity index is 2500. The summed E-state index contributed by atoms with van der Waals surface area (Å²) in [5.74, 6) is 1.36. The molecule has 8 atom stereocenters. The first kappa shape index (κ1) is 39.5. The van der Waals surface area contributed by atoms with Gasteiger partial charge in [0, 0.05) is 23.0 Å². The number of pyridine rings is 1. The molecule has 2 unspecified atom stereocenters. The summed E-state index contributed by atoms with van der Waals surface area (Å²) >= 11 is 6.77. The zero-order chi connectivity index (χ0) is 42.1. The third kappa shape index (κ3) is 7.22. The van der Waals surface area contributed by atoms with Crippen molar-refractivity contribution >= 4 is 46.5 Å². The van der Waals surface area contributed by atoms with Gasteiger partial charge in [-0.15, -0.1) is 0 Å². The molecule has 4 fully saturated rings. The van der Waals surface area contributed by atoms with Crippen molar-refractivity contribution in [2.24, 2.45) is 29.4 Å². The number of hydrogen-bond acceptors (Lipinski definition) is 9. The number of alkyl carbamates (subject to hydrolysis) is 1. The van der Waals surface area contributed by atoms with Crippen molar-refractivity contribution in [3.05, 3.63) is 77.6 Å². The van der Waals surface area contributed by atoms with E-state index in [1.165, 1.54) is 7.11 Å². The van der Waals surface area contributed by atoms with Gasteiger partial charge in [0.25, 0.3) is 5.91 Å². The molecule has 16 heteroatoms. The molecule has 4 aliphatic rings. The van der Waals surface area contributed by atoms with Crippen LogP contribution in [-0.2, 0) is 19.1 Å². The zero-order valence-corrected chi connectivity index (χ0v) is 34.8. The molecule has 4 amide bonds. The molecule has 2 saturated heterocycles. The van der Waals surface area contributed by atoms with Gasteiger partial charge in [-0.2, -0.15) is 0 Å². The van der Waals surface area contributed by atoms with Crippen molar-refractivity contribution in [3.63, 3.8) is 0 Å². The van der Waals surface area contributed by atoms with Crippen LogP contribution in [0, 0.1) is 23.7 Å². The number of benzene rings is 2. The number of carbonyl (C=O) groups excluding carboxylic acids is 4. The fourth-order valence-electron chi connectivity index (χ4n) is 9.27. The average Bonchev–Trinajstić information content (AvgIpc) is 3.88. The molecule has 0 radical (unpaired) electrons. The second-order valence-corrected chi connectivity index (χ2v) is 17.6. The summed E-state index contributed by atoms with van der Waals surface area (Å²) in [7, 11) is 1.29. The Morgan fingerprint density at radius 1 is 0.800 bits per heavy atom. The standard InChI is InChI=1S/C44H48ClN9O6/c1-20(2)35(51-44(58)59-5)41(55)53-31-15-27(31)18-34(53)40-50-36(38(45)52-40)23-8-6-22(7-9-23)24-10-12-28-25(14-24)11-13-29(48-28)30-19-47-39(49-30)33-17-26-16-32(26)54(33)42(56)37(21(3)4)60-43(46)57/h6-14,19-21,26-27,31-35,37H,15-18H2,1-5H3,(H2,46,57)(H,47,49)(H,50,52)(H,51,58)/t26-,27-,31-,32-,33+,34+,35?,37?/m1/s1. The lowest BCUT2D eigenvalue weighted by atomic mass is 10.0. The van der Waals surface area contributed by atoms with Crippen molar-refractivity contribution in [3.8, 4) is 33.8 Å². The van der Waals surface area contributed by atoms with Crippen LogP contribution in [0.5, 0.6) is 0 Å². The number of amides is 4. The lowest BCUT2D eigenvalue weighted by molar-refractivity contribution is -0.144. The zero-order valence-electron chi connectivity index (χ0n) is 34.0. The predicted octanol–water partition coefficient (Wildman–Crippen LogP) is 7.16. The number of halogens is 1. The van der Waals surface area contributed by atoms with Crippen molar-refractivity contribution in [2.45, 2.75) is 89.7 Å². The van der Waals surface area contributed by atoms with Crippen molar-refractivity contribution in [1.82, 2.24) is 40.0 Å². The predicted molar refractivity (Wildman–Crippen MR) is 223 cm³/mol. The quantitative estimate of drug-likeness (QED) is 0.107. The Morgan fingerprint density at radius 3 is 2.10 bits per heavy atom. The number of fused-ring (bicyclic) bond motifs is 3. The number of methoxy groups -OCH3 is 1. The van der Waals surface area contributed by atoms with E-state index in [0.29, 0.717) is 34.3 Å². The van der Waals surface area contributed by atoms with Crippen LogP contribution in [0.15, 0.2) is 60.8 Å². The van der Waals surface area contributed by atoms with E-state index in [1.807, 2.05) is 86.0 Å². The van der Waals surface area contributed by atoms with Crippen LogP contribution in [0.1, 0.15) is 77.1 Å². The fourth-order valence-corrected chi connectivity index (χ4v) is 9.52. The highest BCUT2D eigenvalue weighted by atomic mass is 35.5. The molecule has 0 spiro atoms. The molecule has 5 aromatic rings. The third-order valence-corrected chi connectivity index (χ3v) is 12.8. The van der Waals surface area contributed by atoms with Crippen LogP contribution in [-0.4, -0.2) is 90.1 Å². The van der Waals surface area contributed by atoms with Crippen molar-refractivity contribution in [2.75, 3.05) is 7.11 Å². The SMILES string of the molecule is COC(=O)NC(C(=O)N1[C@@H]2C[C@@H]2C[C@H]1c1nc(-c2ccc(-c3ccc4nc(-c5cnc([C@@H]6C[C@H]7C[C@H]7N6C(=O)C(OC(N)=O)C(C)C)[nH]5)ccc4c3)cc2)c(Cl)[nH]1)C(C)C. The molecule has 5 N–H and O–H groups in total. The molecule has 15 nitrogen and oxygen atoms in total. The summed E-state index contributed by atoms with van der Waals surface area (Å²) in [6, 6.07) is 17.1. The Balaban J connectivity index is 0.896. The van der Waals surface area contributed by atoms with Crippen LogP contribution < -0.4 is 11.1 Å². The summed E-state index contributed by atoms with van der Waals surface area (Å²) in [4.78, 5) is 76.1. The number of nitrogens with one attached hydrogen (secondary N) is 3. The number of primary amides is 1. The summed E-state index contributed by atoms with van der Waals surface area (Å²) in [5, 5.41) is 4.09. The highest BCUT2D eigenvalue weighted by molar-refractivity contribution is 6.32. The smallest absolute Gasteiger partial charge is 0.407 e. The number of imidazole rings is 2. The second-order valence-electron chi connectivity index (χ2n) is 17.2. The summed E-state index contributed by atoms with van der Waals surface area (Å²) < 4.78 is 10.0. The van der Waals surface area contributed by atoms with Crippen LogP contribution in [0.4, 0.5) is 9.59 Å². The summed E-state index contributed by atoms with van der Waals surface area (Å²) in [5.41, 5.74) is 11.1. The topological polar surface area (TPSA) is 202 Å². The maximum Gasteiger partial charge on any atom is 0.407 e. The van der Waals surface area contributed by atoms with Gasteiger partial charge in [-0.05, 0) is 78.7 Å². The van der Waals surface area contributed by atoms with Gasteiger partial charge in [-0.3, -0.25) is 9.59 Å². The van der Waals surface area contributed by atoms with E-state index in [-0.39, 0.29) is 47.8 Å². The molecule has 0 bridgehead atoms. The van der Waals surface area contributed by atoms with Gasteiger partial charge in [0.15, 0.2) is 6.10 Å². The summed E-state index contributed by atoms with van der Waals surface area (Å²) in [6.07, 6.45) is 2.64. The number of hydrogen-bond donors (Lipinski definition) is 4. The molecule has 5 heterocycles. The maximum absolute atomic E-state index is 13.8. The van der Waals surface area contributed by atoms with Crippen molar-refractivity contribution < 1.29 is 28.7 Å². The first-order chi connectivity index (χ1) is 28.8. The number of ether oxygens (including phenoxy) is 2. The van der Waals surface area contributed by atoms with Gasteiger partial charge in [0.2, 0.25) is 5.91 Å². The molecular weight excluding hydrogens is 786 g/mol. The average molecular weight is 834 g/mol. The highest BCUT2D eigenvalue weighted by Crippen LogP contribution is 2.55. The second kappa shape index (κ2) is 15.3. The van der Waals surface area contributed by atoms with E-state index >= 15 is 0 Å². The molecule has 2 aliphatic carbocycles. The van der Waals surface area contributed by atoms with Crippen LogP contribution in [0.25, 0.3) is 44.7 Å². The van der Waals surface area contributed by atoms with Gasteiger partial charge in [0.1, 0.15) is 28.5 Å². The number of aromatic nitrogens is 5. The molecule has 9 rings (SSSR count). The van der Waals surface area contributed by atoms with Gasteiger partial charge >= 0.3 is 12.2 Å². The Kier molecular flexibility index (Phi) is 10.0. The lowest BCUT2D eigenvalue weighted by Gasteiger charge is -2.31. The molecule has 3 aromatic heterocycles. The van der Waals surface area contributed by atoms with Gasteiger partial charge in [0.05, 0.1) is 42.3 Å². The number of nitrogens with two attached hydrogens (primary N) is 1. The molecular formula is C44H48ClN9O6. The normalized spacial score (nSPS) is 23.7. The third-order valence-electron chi connectivity index (χ3n) is 12.6. The Hall–Kier alpha value is -5.96. The van der Waals surface area contributed by atoms with Gasteiger partial charge in [-0.1, -0.05) is 75.7 Å². The molecule has 2 aliphatic heterocycles. The molecule has 60 heavy (non-hydrogen) atoms. The van der Waals surface area contributed by atoms with E-state index < -0.39 is 24.3 Å². The minimum Gasteiger partial charge on any atom is -0.453 e.